The van der Waals surface area contributed by atoms with Gasteiger partial charge in [-0.3, -0.25) is 0 Å². The van der Waals surface area contributed by atoms with Crippen molar-refractivity contribution in [3.8, 4) is 0 Å². The summed E-state index contributed by atoms with van der Waals surface area (Å²) >= 11 is -27.6. The Morgan fingerprint density at radius 3 is 0.267 bits per heavy atom. The molecule has 168 valence electrons. The second-order valence-electron chi connectivity index (χ2n) is 1.57. The zero-order chi connectivity index (χ0) is 25.0. The minimum absolute atomic E-state index is 0. The number of rotatable bonds is 0. The molecule has 0 bridgehead atoms. The molecule has 0 aliphatic heterocycles. The summed E-state index contributed by atoms with van der Waals surface area (Å²) < 4.78 is 180. The van der Waals surface area contributed by atoms with E-state index in [4.69, 9.17) is 79.7 Å². The fourth-order valence-electron chi connectivity index (χ4n) is 0. The monoisotopic (exact) mass is 829 g/mol. The molecule has 30 heavy (non-hydrogen) atoms. The summed E-state index contributed by atoms with van der Waals surface area (Å²) in [5.74, 6) is 0. The molecule has 0 N–H and O–H groups in total. The van der Waals surface area contributed by atoms with Gasteiger partial charge < -0.3 is 0 Å². The first kappa shape index (κ1) is 58.9. The Bertz CT molecular complexity index is 571. The molecule has 0 unspecified atom stereocenters. The molecule has 0 saturated heterocycles. The third kappa shape index (κ3) is 2590. The van der Waals surface area contributed by atoms with Crippen LogP contribution in [0.3, 0.4) is 0 Å². The van der Waals surface area contributed by atoms with E-state index in [1.165, 1.54) is 0 Å². The van der Waals surface area contributed by atoms with Crippen LogP contribution in [0, 0.1) is 0 Å². The van der Waals surface area contributed by atoms with Crippen molar-refractivity contribution in [3.63, 3.8) is 0 Å². The van der Waals surface area contributed by atoms with E-state index >= 15 is 0 Å². The maximum atomic E-state index is 8.56. The van der Waals surface area contributed by atoms with Crippen molar-refractivity contribution >= 4 is 0 Å². The van der Waals surface area contributed by atoms with Crippen LogP contribution in [0.1, 0.15) is 0 Å². The van der Waals surface area contributed by atoms with E-state index in [-0.39, 0.29) is 72.4 Å². The quantitative estimate of drug-likeness (QED) is 0.205. The Kier molecular flexibility index (Phi) is 105. The molecule has 0 radical (unpaired) electrons. The van der Waals surface area contributed by atoms with Crippen molar-refractivity contribution in [3.05, 3.63) is 0 Å². The molecule has 0 spiro atoms. The minimum atomic E-state index is -3.94. The molecule has 0 aromatic carbocycles. The van der Waals surface area contributed by atoms with Gasteiger partial charge in [0.05, 0.1) is 0 Å². The van der Waals surface area contributed by atoms with Crippen molar-refractivity contribution in [2.75, 3.05) is 0 Å². The van der Waals surface area contributed by atoms with Crippen LogP contribution < -0.4 is 79.6 Å². The predicted molar refractivity (Wildman–Crippen MR) is 9.61 cm³/mol. The van der Waals surface area contributed by atoms with E-state index in [0.717, 1.165) is 0 Å². The molecular formula is KMoO21V7. The van der Waals surface area contributed by atoms with Gasteiger partial charge in [0.25, 0.3) is 0 Å². The van der Waals surface area contributed by atoms with Crippen molar-refractivity contribution in [1.29, 1.82) is 0 Å². The van der Waals surface area contributed by atoms with E-state index in [1.807, 2.05) is 0 Å². The SMILES string of the molecule is [K+].[Mo+6].[O]=[V](=[O])[O-].[O]=[V](=[O])[O-].[O]=[V](=[O])[O-].[O]=[V](=[O])[O-].[O]=[V](=[O])[O-].[O]=[V](=[O])[O-].[O]=[V](=[O])[O-]. The van der Waals surface area contributed by atoms with Gasteiger partial charge >= 0.3 is 260 Å². The molecule has 0 atom stereocenters. The van der Waals surface area contributed by atoms with Gasteiger partial charge in [0.1, 0.15) is 0 Å². The third-order valence-electron chi connectivity index (χ3n) is 0. The van der Waals surface area contributed by atoms with Crippen molar-refractivity contribution in [1.82, 2.24) is 0 Å². The Morgan fingerprint density at radius 1 is 0.267 bits per heavy atom. The Morgan fingerprint density at radius 2 is 0.267 bits per heavy atom. The van der Waals surface area contributed by atoms with Gasteiger partial charge in [-0.25, -0.2) is 0 Å². The zero-order valence-electron chi connectivity index (χ0n) is 13.1. The van der Waals surface area contributed by atoms with E-state index in [9.17, 15) is 0 Å². The second kappa shape index (κ2) is 53.6. The molecule has 0 aliphatic rings. The summed E-state index contributed by atoms with van der Waals surface area (Å²) in [7, 11) is 0. The normalized spacial score (nSPS) is 5.83. The van der Waals surface area contributed by atoms with Gasteiger partial charge in [0.2, 0.25) is 0 Å². The van der Waals surface area contributed by atoms with Gasteiger partial charge in [-0.2, -0.15) is 0 Å². The first-order valence-corrected chi connectivity index (χ1v) is 15.8. The van der Waals surface area contributed by atoms with Crippen molar-refractivity contribution < 1.29 is 260 Å². The standard InChI is InChI=1S/K.Mo.21O.7V/q+1;+6;;;;;;;;;;;;;;;7*-1;;;;;;;. The first-order valence-electron chi connectivity index (χ1n) is 3.83. The molecule has 0 aliphatic carbocycles. The van der Waals surface area contributed by atoms with E-state index < -0.39 is 108 Å². The first-order chi connectivity index (χ1) is 12.1. The average molecular weight is 828 g/mol. The van der Waals surface area contributed by atoms with Crippen LogP contribution in [-0.2, 0) is 180 Å². The van der Waals surface area contributed by atoms with Crippen molar-refractivity contribution in [2.45, 2.75) is 0 Å². The number of hydrogen-bond acceptors (Lipinski definition) is 21. The fourth-order valence-corrected chi connectivity index (χ4v) is 0. The molecule has 0 aromatic rings. The topological polar surface area (TPSA) is 400 Å². The molecule has 30 heteroatoms. The van der Waals surface area contributed by atoms with Gasteiger partial charge in [-0.1, -0.05) is 0 Å². The molecule has 21 nitrogen and oxygen atoms in total. The number of hydrogen-bond donors (Lipinski definition) is 0. The maximum absolute atomic E-state index is 8.56. The molecule has 0 amide bonds. The fraction of sp³-hybridized carbons (Fsp3) is 0. The van der Waals surface area contributed by atoms with E-state index in [1.54, 1.807) is 0 Å². The summed E-state index contributed by atoms with van der Waals surface area (Å²) in [5, 5.41) is 0. The zero-order valence-corrected chi connectivity index (χ0v) is 28.0. The molecule has 0 saturated carbocycles. The van der Waals surface area contributed by atoms with Gasteiger partial charge in [-0.05, 0) is 0 Å². The molecule has 0 aromatic heterocycles. The molecule has 0 fully saturated rings. The van der Waals surface area contributed by atoms with Gasteiger partial charge in [0, 0.05) is 0 Å². The van der Waals surface area contributed by atoms with E-state index in [0.29, 0.717) is 0 Å². The molecule has 0 heterocycles. The van der Waals surface area contributed by atoms with Crippen LogP contribution in [0.4, 0.5) is 0 Å². The Balaban J connectivity index is -0.0000000242. The summed E-state index contributed by atoms with van der Waals surface area (Å²) in [5.41, 5.74) is 0. The summed E-state index contributed by atoms with van der Waals surface area (Å²) in [6.45, 7) is 0. The van der Waals surface area contributed by atoms with E-state index in [2.05, 4.69) is 0 Å². The Hall–Kier alpha value is 3.34. The van der Waals surface area contributed by atoms with Crippen LogP contribution >= 0.6 is 0 Å². The summed E-state index contributed by atoms with van der Waals surface area (Å²) in [6.07, 6.45) is 0. The average Bonchev–Trinajstić information content (AvgIpc) is 2.20. The summed E-state index contributed by atoms with van der Waals surface area (Å²) in [4.78, 5) is 0. The van der Waals surface area contributed by atoms with Crippen LogP contribution in [0.2, 0.25) is 0 Å². The van der Waals surface area contributed by atoms with Crippen LogP contribution in [0.25, 0.3) is 0 Å². The molecule has 0 rings (SSSR count). The van der Waals surface area contributed by atoms with Gasteiger partial charge in [-0.15, -0.1) is 0 Å². The van der Waals surface area contributed by atoms with Crippen LogP contribution in [0.5, 0.6) is 0 Å². The van der Waals surface area contributed by atoms with Crippen LogP contribution in [-0.4, -0.2) is 0 Å². The summed E-state index contributed by atoms with van der Waals surface area (Å²) in [6, 6.07) is 0. The third-order valence-corrected chi connectivity index (χ3v) is 0. The van der Waals surface area contributed by atoms with Gasteiger partial charge in [0.15, 0.2) is 0 Å². The predicted octanol–water partition coefficient (Wildman–Crippen LogP) is -13.0. The molecular weight excluding hydrogens is 828 g/mol. The Labute approximate surface area is 254 Å². The van der Waals surface area contributed by atoms with Crippen molar-refractivity contribution in [2.24, 2.45) is 0 Å². The van der Waals surface area contributed by atoms with Crippen LogP contribution in [0.15, 0.2) is 0 Å². The second-order valence-corrected chi connectivity index (χ2v) is 6.45.